The summed E-state index contributed by atoms with van der Waals surface area (Å²) >= 11 is 0. The van der Waals surface area contributed by atoms with E-state index in [1.54, 1.807) is 6.07 Å². The van der Waals surface area contributed by atoms with Gasteiger partial charge in [-0.25, -0.2) is 4.39 Å². The van der Waals surface area contributed by atoms with E-state index < -0.39 is 17.6 Å². The summed E-state index contributed by atoms with van der Waals surface area (Å²) in [6, 6.07) is 12.6. The molecule has 0 saturated heterocycles. The van der Waals surface area contributed by atoms with E-state index in [-0.39, 0.29) is 24.9 Å². The third-order valence-corrected chi connectivity index (χ3v) is 6.66. The fraction of sp³-hybridized carbons (Fsp3) is 0.444. The predicted octanol–water partition coefficient (Wildman–Crippen LogP) is 2.50. The van der Waals surface area contributed by atoms with Gasteiger partial charge < -0.3 is 25.6 Å². The fourth-order valence-electron chi connectivity index (χ4n) is 4.88. The van der Waals surface area contributed by atoms with Crippen LogP contribution in [0.5, 0.6) is 0 Å². The minimum Gasteiger partial charge on any atom is -0.395 e. The average Bonchev–Trinajstić information content (AvgIpc) is 3.31. The van der Waals surface area contributed by atoms with Crippen LogP contribution in [0.1, 0.15) is 36.5 Å². The Balaban J connectivity index is 1.41. The van der Waals surface area contributed by atoms with Crippen LogP contribution in [0.4, 0.5) is 10.1 Å². The minimum absolute atomic E-state index is 0.0764. The maximum Gasteiger partial charge on any atom is 0.234 e. The third-order valence-electron chi connectivity index (χ3n) is 6.66. The predicted molar refractivity (Wildman–Crippen MR) is 133 cm³/mol. The molecule has 0 fully saturated rings. The Morgan fingerprint density at radius 1 is 1.09 bits per heavy atom. The smallest absolute Gasteiger partial charge is 0.234 e. The number of carbonyl (C=O) groups excluding carboxylic acids is 1. The van der Waals surface area contributed by atoms with E-state index in [1.807, 2.05) is 24.8 Å². The molecule has 7 nitrogen and oxygen atoms in total. The molecule has 4 N–H and O–H groups in total. The first-order valence-corrected chi connectivity index (χ1v) is 12.1. The number of ether oxygens (including phenoxy) is 1. The Morgan fingerprint density at radius 3 is 2.49 bits per heavy atom. The quantitative estimate of drug-likeness (QED) is 0.367. The van der Waals surface area contributed by atoms with Gasteiger partial charge in [-0.2, -0.15) is 0 Å². The molecule has 0 spiro atoms. The van der Waals surface area contributed by atoms with Crippen LogP contribution in [0.2, 0.25) is 0 Å². The van der Waals surface area contributed by atoms with Crippen molar-refractivity contribution in [2.45, 2.75) is 38.0 Å². The second kappa shape index (κ2) is 11.0. The van der Waals surface area contributed by atoms with E-state index >= 15 is 0 Å². The normalized spacial score (nSPS) is 20.7. The second-order valence-electron chi connectivity index (χ2n) is 9.53. The van der Waals surface area contributed by atoms with Gasteiger partial charge in [0.1, 0.15) is 5.82 Å². The number of hydrogen-bond donors (Lipinski definition) is 4. The molecule has 2 aromatic carbocycles. The van der Waals surface area contributed by atoms with Crippen LogP contribution in [0.3, 0.4) is 0 Å². The number of carbonyl (C=O) groups is 1. The molecule has 2 aromatic rings. The van der Waals surface area contributed by atoms with E-state index in [1.165, 1.54) is 12.1 Å². The lowest BCUT2D eigenvalue weighted by atomic mass is 9.90. The van der Waals surface area contributed by atoms with Crippen molar-refractivity contribution in [2.75, 3.05) is 44.7 Å². The summed E-state index contributed by atoms with van der Waals surface area (Å²) in [6.45, 7) is 7.43. The Morgan fingerprint density at radius 2 is 1.80 bits per heavy atom. The minimum atomic E-state index is -0.594. The van der Waals surface area contributed by atoms with E-state index in [9.17, 15) is 9.18 Å². The molecule has 2 aliphatic heterocycles. The first-order chi connectivity index (χ1) is 16.8. The number of amides is 1. The Bertz CT molecular complexity index is 1060. The van der Waals surface area contributed by atoms with E-state index in [2.05, 4.69) is 34.9 Å². The van der Waals surface area contributed by atoms with Gasteiger partial charge in [-0.1, -0.05) is 24.3 Å². The van der Waals surface area contributed by atoms with Crippen molar-refractivity contribution >= 4 is 17.2 Å². The third kappa shape index (κ3) is 5.79. The summed E-state index contributed by atoms with van der Waals surface area (Å²) < 4.78 is 20.2. The van der Waals surface area contributed by atoms with Gasteiger partial charge in [0.25, 0.3) is 0 Å². The topological polar surface area (TPSA) is 94.1 Å². The van der Waals surface area contributed by atoms with Crippen molar-refractivity contribution in [3.05, 3.63) is 71.0 Å². The van der Waals surface area contributed by atoms with Gasteiger partial charge in [0, 0.05) is 38.4 Å². The van der Waals surface area contributed by atoms with Crippen molar-refractivity contribution in [1.82, 2.24) is 10.2 Å². The number of nitrogens with zero attached hydrogens (tertiary/aromatic N) is 1. The molecule has 8 heteroatoms. The Hall–Kier alpha value is -2.62. The molecule has 1 amide bonds. The molecule has 0 aliphatic carbocycles. The lowest BCUT2D eigenvalue weighted by Crippen LogP contribution is -2.35. The molecular formula is C27H34FN3O4. The number of benzene rings is 2. The van der Waals surface area contributed by atoms with Crippen LogP contribution in [-0.4, -0.2) is 72.1 Å². The number of halogens is 1. The number of fused-ring (bicyclic) bond motifs is 1. The molecule has 35 heavy (non-hydrogen) atoms. The standard InChI is InChI=1S/C27H34FN3O4/c1-27(2)22(16-24(35-27)25-21-15-20(28)7-8-23(21)30-26(25)34)19-5-3-18(4-6-19)17-29-9-10-31(11-13-32)12-14-33/h3-8,15-16,24-25,29,32-33H,9-14,17H2,1-2H3,(H,30,34). The number of nitrogens with one attached hydrogen (secondary N) is 2. The zero-order chi connectivity index (χ0) is 25.0. The van der Waals surface area contributed by atoms with Gasteiger partial charge in [0.2, 0.25) is 5.91 Å². The fourth-order valence-corrected chi connectivity index (χ4v) is 4.88. The summed E-state index contributed by atoms with van der Waals surface area (Å²) in [5, 5.41) is 24.4. The molecule has 0 saturated carbocycles. The Labute approximate surface area is 205 Å². The van der Waals surface area contributed by atoms with Gasteiger partial charge >= 0.3 is 0 Å². The van der Waals surface area contributed by atoms with Crippen LogP contribution in [0.25, 0.3) is 5.57 Å². The average molecular weight is 484 g/mol. The van der Waals surface area contributed by atoms with E-state index in [0.717, 1.165) is 29.8 Å². The van der Waals surface area contributed by atoms with Crippen LogP contribution < -0.4 is 10.6 Å². The van der Waals surface area contributed by atoms with Crippen molar-refractivity contribution in [3.63, 3.8) is 0 Å². The first-order valence-electron chi connectivity index (χ1n) is 12.1. The second-order valence-corrected chi connectivity index (χ2v) is 9.53. The summed E-state index contributed by atoms with van der Waals surface area (Å²) in [7, 11) is 0. The number of aliphatic hydroxyl groups excluding tert-OH is 2. The van der Waals surface area contributed by atoms with E-state index in [4.69, 9.17) is 14.9 Å². The van der Waals surface area contributed by atoms with Crippen molar-refractivity contribution < 1.29 is 24.1 Å². The molecule has 4 rings (SSSR count). The highest BCUT2D eigenvalue weighted by Gasteiger charge is 2.44. The van der Waals surface area contributed by atoms with Crippen LogP contribution >= 0.6 is 0 Å². The molecule has 188 valence electrons. The van der Waals surface area contributed by atoms with Gasteiger partial charge in [-0.05, 0) is 60.4 Å². The van der Waals surface area contributed by atoms with Crippen LogP contribution in [0, 0.1) is 5.82 Å². The number of hydrogen-bond acceptors (Lipinski definition) is 6. The highest BCUT2D eigenvalue weighted by molar-refractivity contribution is 6.03. The maximum atomic E-state index is 13.9. The van der Waals surface area contributed by atoms with Gasteiger partial charge in [-0.3, -0.25) is 9.69 Å². The van der Waals surface area contributed by atoms with Gasteiger partial charge in [0.05, 0.1) is 30.8 Å². The van der Waals surface area contributed by atoms with Crippen molar-refractivity contribution in [2.24, 2.45) is 0 Å². The monoisotopic (exact) mass is 483 g/mol. The molecule has 0 aromatic heterocycles. The molecule has 0 radical (unpaired) electrons. The summed E-state index contributed by atoms with van der Waals surface area (Å²) in [5.41, 5.74) is 3.84. The van der Waals surface area contributed by atoms with Crippen molar-refractivity contribution in [3.8, 4) is 0 Å². The van der Waals surface area contributed by atoms with Crippen LogP contribution in [-0.2, 0) is 16.1 Å². The number of anilines is 1. The maximum absolute atomic E-state index is 13.9. The highest BCUT2D eigenvalue weighted by atomic mass is 19.1. The molecule has 0 bridgehead atoms. The lowest BCUT2D eigenvalue weighted by Gasteiger charge is -2.26. The molecule has 2 unspecified atom stereocenters. The molecule has 2 atom stereocenters. The molecule has 2 aliphatic rings. The summed E-state index contributed by atoms with van der Waals surface area (Å²) in [6.07, 6.45) is 1.51. The molecular weight excluding hydrogens is 449 g/mol. The Kier molecular flexibility index (Phi) is 7.98. The SMILES string of the molecule is CC1(C)OC(C2C(=O)Nc3ccc(F)cc32)C=C1c1ccc(CNCCN(CCO)CCO)cc1. The summed E-state index contributed by atoms with van der Waals surface area (Å²) in [5.74, 6) is -1.13. The first kappa shape index (κ1) is 25.5. The number of aliphatic hydroxyl groups is 2. The van der Waals surface area contributed by atoms with Crippen molar-refractivity contribution in [1.29, 1.82) is 0 Å². The zero-order valence-electron chi connectivity index (χ0n) is 20.3. The largest absolute Gasteiger partial charge is 0.395 e. The lowest BCUT2D eigenvalue weighted by molar-refractivity contribution is -0.120. The van der Waals surface area contributed by atoms with Gasteiger partial charge in [-0.15, -0.1) is 0 Å². The number of rotatable bonds is 11. The molecule has 2 heterocycles. The van der Waals surface area contributed by atoms with E-state index in [0.29, 0.717) is 30.9 Å². The summed E-state index contributed by atoms with van der Waals surface area (Å²) in [4.78, 5) is 14.7. The highest BCUT2D eigenvalue weighted by Crippen LogP contribution is 2.45. The van der Waals surface area contributed by atoms with Gasteiger partial charge in [0.15, 0.2) is 0 Å². The van der Waals surface area contributed by atoms with Crippen LogP contribution in [0.15, 0.2) is 48.5 Å². The zero-order valence-corrected chi connectivity index (χ0v) is 20.3.